The largest absolute Gasteiger partial charge is 0.464 e. The number of nitrogens with one attached hydrogen (secondary N) is 2. The zero-order valence-electron chi connectivity index (χ0n) is 13.3. The minimum absolute atomic E-state index is 0.308. The molecular formula is C15H15N5O3S2. The van der Waals surface area contributed by atoms with Crippen molar-refractivity contribution in [2.45, 2.75) is 13.0 Å². The van der Waals surface area contributed by atoms with Crippen LogP contribution >= 0.6 is 23.1 Å². The van der Waals surface area contributed by atoms with Gasteiger partial charge in [0.2, 0.25) is 0 Å². The zero-order chi connectivity index (χ0) is 17.6. The molecule has 2 aromatic rings. The van der Waals surface area contributed by atoms with Gasteiger partial charge in [-0.05, 0) is 19.1 Å². The van der Waals surface area contributed by atoms with Crippen molar-refractivity contribution in [1.29, 1.82) is 0 Å². The van der Waals surface area contributed by atoms with E-state index in [9.17, 15) is 9.59 Å². The van der Waals surface area contributed by atoms with E-state index in [1.807, 2.05) is 12.1 Å². The molecule has 2 aromatic heterocycles. The Bertz CT molecular complexity index is 793. The van der Waals surface area contributed by atoms with Crippen LogP contribution in [0.1, 0.15) is 6.92 Å². The SMILES string of the molecule is CCOC(=O)C1CSC(NC(=O)Nc2csc(-c3ccncc3)n2)=N1. The number of carbonyl (C=O) groups excluding carboxylic acids is 2. The van der Waals surface area contributed by atoms with Crippen LogP contribution in [0.2, 0.25) is 0 Å². The van der Waals surface area contributed by atoms with E-state index >= 15 is 0 Å². The van der Waals surface area contributed by atoms with Crippen molar-refractivity contribution in [2.75, 3.05) is 17.7 Å². The molecule has 3 rings (SSSR count). The molecule has 25 heavy (non-hydrogen) atoms. The number of amides is 2. The molecule has 0 bridgehead atoms. The summed E-state index contributed by atoms with van der Waals surface area (Å²) >= 11 is 2.72. The van der Waals surface area contributed by atoms with Crippen molar-refractivity contribution in [3.8, 4) is 10.6 Å². The maximum Gasteiger partial charge on any atom is 0.331 e. The minimum atomic E-state index is -0.571. The van der Waals surface area contributed by atoms with Gasteiger partial charge < -0.3 is 4.74 Å². The molecule has 130 valence electrons. The second kappa shape index (κ2) is 8.08. The van der Waals surface area contributed by atoms with E-state index < -0.39 is 12.1 Å². The number of anilines is 1. The Labute approximate surface area is 152 Å². The fourth-order valence-electron chi connectivity index (χ4n) is 2.00. The number of urea groups is 1. The molecule has 0 spiro atoms. The van der Waals surface area contributed by atoms with Gasteiger partial charge in [-0.1, -0.05) is 11.8 Å². The summed E-state index contributed by atoms with van der Waals surface area (Å²) in [5.74, 6) is 0.519. The van der Waals surface area contributed by atoms with Crippen LogP contribution in [-0.4, -0.2) is 45.5 Å². The molecule has 0 saturated carbocycles. The van der Waals surface area contributed by atoms with E-state index in [4.69, 9.17) is 4.74 Å². The Morgan fingerprint density at radius 2 is 2.12 bits per heavy atom. The zero-order valence-corrected chi connectivity index (χ0v) is 14.9. The molecule has 0 fully saturated rings. The highest BCUT2D eigenvalue weighted by Crippen LogP contribution is 2.25. The van der Waals surface area contributed by atoms with Crippen molar-refractivity contribution >= 4 is 46.1 Å². The molecule has 0 radical (unpaired) electrons. The van der Waals surface area contributed by atoms with Crippen LogP contribution in [0.3, 0.4) is 0 Å². The Morgan fingerprint density at radius 1 is 1.32 bits per heavy atom. The number of hydrogen-bond acceptors (Lipinski definition) is 8. The summed E-state index contributed by atoms with van der Waals surface area (Å²) < 4.78 is 4.92. The fraction of sp³-hybridized carbons (Fsp3) is 0.267. The van der Waals surface area contributed by atoms with E-state index in [1.54, 1.807) is 24.7 Å². The fourth-order valence-corrected chi connectivity index (χ4v) is 3.66. The van der Waals surface area contributed by atoms with Crippen LogP contribution in [0.15, 0.2) is 34.9 Å². The van der Waals surface area contributed by atoms with E-state index in [0.717, 1.165) is 10.6 Å². The number of nitrogens with zero attached hydrogens (tertiary/aromatic N) is 3. The second-order valence-electron chi connectivity index (χ2n) is 4.87. The van der Waals surface area contributed by atoms with E-state index in [2.05, 4.69) is 25.6 Å². The summed E-state index contributed by atoms with van der Waals surface area (Å²) in [4.78, 5) is 36.1. The van der Waals surface area contributed by atoms with Crippen molar-refractivity contribution in [1.82, 2.24) is 15.3 Å². The van der Waals surface area contributed by atoms with E-state index in [1.165, 1.54) is 23.1 Å². The summed E-state index contributed by atoms with van der Waals surface area (Å²) in [5, 5.41) is 8.19. The van der Waals surface area contributed by atoms with Gasteiger partial charge in [0.1, 0.15) is 10.8 Å². The molecule has 1 unspecified atom stereocenters. The van der Waals surface area contributed by atoms with E-state index in [-0.39, 0.29) is 5.97 Å². The number of thiazole rings is 1. The summed E-state index contributed by atoms with van der Waals surface area (Å²) in [7, 11) is 0. The highest BCUT2D eigenvalue weighted by atomic mass is 32.2. The number of esters is 1. The first-order valence-corrected chi connectivity index (χ1v) is 9.33. The third kappa shape index (κ3) is 4.54. The van der Waals surface area contributed by atoms with Gasteiger partial charge in [0.25, 0.3) is 0 Å². The third-order valence-electron chi connectivity index (χ3n) is 3.10. The first-order chi connectivity index (χ1) is 12.2. The summed E-state index contributed by atoms with van der Waals surface area (Å²) in [6.45, 7) is 2.05. The molecule has 3 heterocycles. The van der Waals surface area contributed by atoms with Gasteiger partial charge in [0, 0.05) is 29.1 Å². The Morgan fingerprint density at radius 3 is 2.88 bits per heavy atom. The predicted molar refractivity (Wildman–Crippen MR) is 97.8 cm³/mol. The Hall–Kier alpha value is -2.46. The lowest BCUT2D eigenvalue weighted by atomic mass is 10.3. The summed E-state index contributed by atoms with van der Waals surface area (Å²) in [5.41, 5.74) is 0.932. The number of pyridine rings is 1. The minimum Gasteiger partial charge on any atom is -0.464 e. The average molecular weight is 377 g/mol. The molecule has 0 saturated heterocycles. The average Bonchev–Trinajstić information content (AvgIpc) is 3.25. The van der Waals surface area contributed by atoms with Crippen molar-refractivity contribution in [3.63, 3.8) is 0 Å². The number of rotatable bonds is 4. The van der Waals surface area contributed by atoms with Crippen molar-refractivity contribution in [3.05, 3.63) is 29.9 Å². The van der Waals surface area contributed by atoms with Crippen molar-refractivity contribution in [2.24, 2.45) is 4.99 Å². The quantitative estimate of drug-likeness (QED) is 0.793. The van der Waals surface area contributed by atoms with Crippen LogP contribution in [0, 0.1) is 0 Å². The molecule has 1 atom stereocenters. The molecule has 0 aromatic carbocycles. The Kier molecular flexibility index (Phi) is 5.61. The van der Waals surface area contributed by atoms with Gasteiger partial charge in [-0.2, -0.15) is 0 Å². The van der Waals surface area contributed by atoms with Crippen LogP contribution in [0.5, 0.6) is 0 Å². The lowest BCUT2D eigenvalue weighted by molar-refractivity contribution is -0.143. The van der Waals surface area contributed by atoms with Crippen LogP contribution in [0.4, 0.5) is 10.6 Å². The first kappa shape index (κ1) is 17.4. The third-order valence-corrected chi connectivity index (χ3v) is 4.96. The number of carbonyl (C=O) groups is 2. The monoisotopic (exact) mass is 377 g/mol. The van der Waals surface area contributed by atoms with Gasteiger partial charge in [-0.25, -0.2) is 19.6 Å². The predicted octanol–water partition coefficient (Wildman–Crippen LogP) is 2.36. The smallest absolute Gasteiger partial charge is 0.331 e. The highest BCUT2D eigenvalue weighted by Gasteiger charge is 2.27. The number of aromatic nitrogens is 2. The van der Waals surface area contributed by atoms with Gasteiger partial charge in [0.15, 0.2) is 11.2 Å². The second-order valence-corrected chi connectivity index (χ2v) is 6.73. The number of thioether (sulfide) groups is 1. The lowest BCUT2D eigenvalue weighted by Gasteiger charge is -2.04. The highest BCUT2D eigenvalue weighted by molar-refractivity contribution is 8.14. The molecule has 2 N–H and O–H groups in total. The number of aliphatic imine (C=N–C) groups is 1. The maximum absolute atomic E-state index is 12.0. The molecule has 2 amide bonds. The molecule has 10 heteroatoms. The standard InChI is InChI=1S/C15H15N5O3S2/c1-2-23-13(21)10-7-25-15(17-10)20-14(22)19-11-8-24-12(18-11)9-3-5-16-6-4-9/h3-6,8,10H,2,7H2,1H3,(H2,17,19,20,22). The van der Waals surface area contributed by atoms with Crippen molar-refractivity contribution < 1.29 is 14.3 Å². The number of amidine groups is 1. The van der Waals surface area contributed by atoms with Gasteiger partial charge >= 0.3 is 12.0 Å². The molecule has 1 aliphatic heterocycles. The lowest BCUT2D eigenvalue weighted by Crippen LogP contribution is -2.32. The maximum atomic E-state index is 12.0. The molecule has 1 aliphatic rings. The Balaban J connectivity index is 1.56. The molecular weight excluding hydrogens is 362 g/mol. The number of ether oxygens (including phenoxy) is 1. The van der Waals surface area contributed by atoms with Gasteiger partial charge in [-0.3, -0.25) is 15.6 Å². The molecule has 0 aliphatic carbocycles. The molecule has 8 nitrogen and oxygen atoms in total. The first-order valence-electron chi connectivity index (χ1n) is 7.47. The van der Waals surface area contributed by atoms with E-state index in [0.29, 0.717) is 23.3 Å². The summed E-state index contributed by atoms with van der Waals surface area (Å²) in [6, 6.07) is 2.67. The van der Waals surface area contributed by atoms with Gasteiger partial charge in [-0.15, -0.1) is 11.3 Å². The van der Waals surface area contributed by atoms with Crippen LogP contribution < -0.4 is 10.6 Å². The normalized spacial score (nSPS) is 16.2. The van der Waals surface area contributed by atoms with Crippen LogP contribution in [-0.2, 0) is 9.53 Å². The number of hydrogen-bond donors (Lipinski definition) is 2. The van der Waals surface area contributed by atoms with Crippen LogP contribution in [0.25, 0.3) is 10.6 Å². The topological polar surface area (TPSA) is 106 Å². The summed E-state index contributed by atoms with van der Waals surface area (Å²) in [6.07, 6.45) is 3.37. The van der Waals surface area contributed by atoms with Gasteiger partial charge in [0.05, 0.1) is 6.61 Å².